The summed E-state index contributed by atoms with van der Waals surface area (Å²) in [5.74, 6) is -4.88. The average molecular weight is 577 g/mol. The molecule has 18 nitrogen and oxygen atoms in total. The molecule has 0 aliphatic heterocycles. The Labute approximate surface area is 241 Å². The van der Waals surface area contributed by atoms with Gasteiger partial charge in [0.1, 0.15) is 54.9 Å². The van der Waals surface area contributed by atoms with Crippen molar-refractivity contribution >= 4 is 55.6 Å². The fourth-order valence-corrected chi connectivity index (χ4v) is 1.96. The first-order chi connectivity index (χ1) is 16.5. The zero-order valence-electron chi connectivity index (χ0n) is 19.8. The van der Waals surface area contributed by atoms with Crippen molar-refractivity contribution in [3.05, 3.63) is 0 Å². The minimum Gasteiger partial charge on any atom is -0.547 e. The summed E-state index contributed by atoms with van der Waals surface area (Å²) in [7, 11) is 0. The van der Waals surface area contributed by atoms with E-state index in [9.17, 15) is 24.6 Å². The van der Waals surface area contributed by atoms with Crippen molar-refractivity contribution in [3.8, 4) is 0 Å². The molecule has 0 fully saturated rings. The molecule has 0 amide bonds. The Morgan fingerprint density at radius 1 is 0.676 bits per heavy atom. The van der Waals surface area contributed by atoms with Gasteiger partial charge in [-0.15, -0.1) is 0 Å². The Hall–Kier alpha value is -0.810. The molecular formula is C18H36CaN2O16. The molecule has 19 heteroatoms. The van der Waals surface area contributed by atoms with E-state index in [0.717, 1.165) is 12.8 Å². The number of carbonyl (C=O) groups excluding carboxylic acids is 2. The van der Waals surface area contributed by atoms with Gasteiger partial charge in [-0.2, -0.15) is 0 Å². The Kier molecular flexibility index (Phi) is 28.3. The van der Waals surface area contributed by atoms with Crippen LogP contribution in [0.3, 0.4) is 0 Å². The monoisotopic (exact) mass is 576 g/mol. The first-order valence-electron chi connectivity index (χ1n) is 10.3. The molecule has 0 aliphatic rings. The molecule has 0 heterocycles. The maximum Gasteiger partial charge on any atom is 2.00 e. The fourth-order valence-electron chi connectivity index (χ4n) is 1.96. The van der Waals surface area contributed by atoms with Gasteiger partial charge in [-0.25, -0.2) is 0 Å². The largest absolute Gasteiger partial charge is 2.00 e. The standard InChI is InChI=1S/C6H14N2O2.2C6H12O7.Ca/c7-4-2-1-3-5(8)6(9)10;2*7-1-2(8)3(9)4(10)5(11)6(12)13;/h5H,1-4,7-8H2,(H,9,10);2*2-5,7-11H,1H2,(H,12,13);/q;;;+2/p-2. The number of nitrogens with two attached hydrogens (primary N) is 2. The SMILES string of the molecule is NCCCCC(N)C(=O)O.O=C([O-])C(O)C(O)C(O)C(O)CO.O=C([O-])C(O)C(O)C(O)C(O)CO.[Ca+2]. The maximum atomic E-state index is 10.1. The second-order valence-corrected chi connectivity index (χ2v) is 7.22. The zero-order chi connectivity index (χ0) is 29.2. The topological polar surface area (TPSA) is 372 Å². The number of aliphatic carboxylic acids is 3. The van der Waals surface area contributed by atoms with Crippen LogP contribution >= 0.6 is 0 Å². The van der Waals surface area contributed by atoms with E-state index in [0.29, 0.717) is 13.0 Å². The number of carbonyl (C=O) groups is 3. The van der Waals surface area contributed by atoms with Crippen molar-refractivity contribution in [3.63, 3.8) is 0 Å². The van der Waals surface area contributed by atoms with E-state index in [1.54, 1.807) is 0 Å². The van der Waals surface area contributed by atoms with E-state index in [4.69, 9.17) is 67.6 Å². The number of aliphatic hydroxyl groups is 10. The van der Waals surface area contributed by atoms with Crippen LogP contribution in [0.15, 0.2) is 0 Å². The number of hydrogen-bond acceptors (Lipinski definition) is 17. The molecule has 0 radical (unpaired) electrons. The quantitative estimate of drug-likeness (QED) is 0.0635. The first kappa shape index (κ1) is 43.2. The minimum atomic E-state index is -2.31. The Morgan fingerprint density at radius 2 is 1.00 bits per heavy atom. The summed E-state index contributed by atoms with van der Waals surface area (Å²) in [5, 5.41) is 115. The molecule has 0 saturated carbocycles. The van der Waals surface area contributed by atoms with E-state index < -0.39 is 86.0 Å². The second kappa shape index (κ2) is 24.2. The summed E-state index contributed by atoms with van der Waals surface area (Å²) in [6.45, 7) is -1.12. The molecule has 0 aromatic carbocycles. The fraction of sp³-hybridized carbons (Fsp3) is 0.833. The second-order valence-electron chi connectivity index (χ2n) is 7.22. The van der Waals surface area contributed by atoms with Gasteiger partial charge < -0.3 is 87.4 Å². The van der Waals surface area contributed by atoms with Crippen LogP contribution in [0.5, 0.6) is 0 Å². The van der Waals surface area contributed by atoms with E-state index >= 15 is 0 Å². The van der Waals surface area contributed by atoms with Gasteiger partial charge in [-0.1, -0.05) is 6.42 Å². The number of unbranched alkanes of at least 4 members (excludes halogenated alkanes) is 1. The molecule has 0 rings (SSSR count). The summed E-state index contributed by atoms with van der Waals surface area (Å²) < 4.78 is 0. The third-order valence-corrected chi connectivity index (χ3v) is 4.28. The molecule has 37 heavy (non-hydrogen) atoms. The molecule has 0 aromatic rings. The number of rotatable bonds is 15. The van der Waals surface area contributed by atoms with Gasteiger partial charge in [0.05, 0.1) is 25.2 Å². The molecule has 0 aliphatic carbocycles. The number of hydrogen-bond donors (Lipinski definition) is 13. The molecule has 9 unspecified atom stereocenters. The van der Waals surface area contributed by atoms with Gasteiger partial charge in [0.15, 0.2) is 0 Å². The minimum absolute atomic E-state index is 0. The molecule has 216 valence electrons. The summed E-state index contributed by atoms with van der Waals surface area (Å²) in [5.41, 5.74) is 10.4. The van der Waals surface area contributed by atoms with Gasteiger partial charge in [0.2, 0.25) is 0 Å². The maximum absolute atomic E-state index is 10.1. The van der Waals surface area contributed by atoms with E-state index in [-0.39, 0.29) is 37.7 Å². The van der Waals surface area contributed by atoms with Crippen molar-refractivity contribution in [2.75, 3.05) is 19.8 Å². The predicted octanol–water partition coefficient (Wildman–Crippen LogP) is -10.5. The van der Waals surface area contributed by atoms with E-state index in [2.05, 4.69) is 0 Å². The summed E-state index contributed by atoms with van der Waals surface area (Å²) in [4.78, 5) is 30.1. The first-order valence-corrected chi connectivity index (χ1v) is 10.3. The number of aliphatic hydroxyl groups excluding tert-OH is 10. The average Bonchev–Trinajstić information content (AvgIpc) is 2.85. The summed E-state index contributed by atoms with van der Waals surface area (Å²) in [6, 6.07) is -0.716. The van der Waals surface area contributed by atoms with Gasteiger partial charge in [0.25, 0.3) is 0 Å². The smallest absolute Gasteiger partial charge is 0.547 e. The third-order valence-electron chi connectivity index (χ3n) is 4.28. The Balaban J connectivity index is -0.000000220. The number of carboxylic acids is 3. The Morgan fingerprint density at radius 3 is 1.22 bits per heavy atom. The van der Waals surface area contributed by atoms with E-state index in [1.165, 1.54) is 0 Å². The molecular weight excluding hydrogens is 540 g/mol. The zero-order valence-corrected chi connectivity index (χ0v) is 22.0. The number of carboxylic acid groups (broad SMARTS) is 3. The van der Waals surface area contributed by atoms with Crippen molar-refractivity contribution < 1.29 is 80.8 Å². The molecule has 0 spiro atoms. The van der Waals surface area contributed by atoms with Crippen molar-refractivity contribution in [1.82, 2.24) is 0 Å². The van der Waals surface area contributed by atoms with Crippen molar-refractivity contribution in [1.29, 1.82) is 0 Å². The van der Waals surface area contributed by atoms with Crippen LogP contribution in [0, 0.1) is 0 Å². The Bertz CT molecular complexity index is 580. The molecule has 0 aromatic heterocycles. The predicted molar refractivity (Wildman–Crippen MR) is 117 cm³/mol. The summed E-state index contributed by atoms with van der Waals surface area (Å²) in [6.07, 6.45) is -14.0. The molecule has 0 saturated heterocycles. The third kappa shape index (κ3) is 19.9. The van der Waals surface area contributed by atoms with Gasteiger partial charge in [0, 0.05) is 0 Å². The summed E-state index contributed by atoms with van der Waals surface area (Å²) >= 11 is 0. The van der Waals surface area contributed by atoms with E-state index in [1.807, 2.05) is 0 Å². The molecule has 0 bridgehead atoms. The van der Waals surface area contributed by atoms with Crippen LogP contribution in [-0.4, -0.2) is 186 Å². The van der Waals surface area contributed by atoms with Crippen LogP contribution in [0.4, 0.5) is 0 Å². The van der Waals surface area contributed by atoms with Gasteiger partial charge >= 0.3 is 43.7 Å². The van der Waals surface area contributed by atoms with Crippen molar-refractivity contribution in [2.24, 2.45) is 11.5 Å². The molecule has 9 atom stereocenters. The van der Waals surface area contributed by atoms with Crippen molar-refractivity contribution in [2.45, 2.75) is 74.1 Å². The molecule has 15 N–H and O–H groups in total. The van der Waals surface area contributed by atoms with Crippen LogP contribution in [0.25, 0.3) is 0 Å². The van der Waals surface area contributed by atoms with Crippen LogP contribution in [-0.2, 0) is 14.4 Å². The van der Waals surface area contributed by atoms with Gasteiger partial charge in [-0.05, 0) is 19.4 Å². The van der Waals surface area contributed by atoms with Crippen LogP contribution < -0.4 is 21.7 Å². The van der Waals surface area contributed by atoms with Crippen LogP contribution in [0.1, 0.15) is 19.3 Å². The van der Waals surface area contributed by atoms with Gasteiger partial charge in [-0.3, -0.25) is 4.79 Å². The normalized spacial score (nSPS) is 17.8. The van der Waals surface area contributed by atoms with Crippen LogP contribution in [0.2, 0.25) is 0 Å².